The molecule has 4 aromatic rings. The van der Waals surface area contributed by atoms with Crippen LogP contribution in [0.5, 0.6) is 0 Å². The van der Waals surface area contributed by atoms with E-state index in [0.717, 1.165) is 29.6 Å². The normalized spacial score (nSPS) is 27.6. The van der Waals surface area contributed by atoms with E-state index >= 15 is 4.39 Å². The SMILES string of the molecule is COC(=O)N1C2CC(C(F)F)C(C2)C1c1cc2c(C)nc3c(F)c(-c4cccc(Cl)c4Cl)c(CCC#N)cc3c2n1C1C2CNC1C2. The molecule has 9 rings (SSSR count). The Morgan fingerprint density at radius 2 is 2.02 bits per heavy atom. The third-order valence-corrected chi connectivity index (χ3v) is 12.0. The molecule has 1 amide bonds. The lowest BCUT2D eigenvalue weighted by atomic mass is 9.79. The number of methoxy groups -OCH3 is 1. The second-order valence-electron chi connectivity index (χ2n) is 13.4. The van der Waals surface area contributed by atoms with Gasteiger partial charge in [0.25, 0.3) is 0 Å². The van der Waals surface area contributed by atoms with E-state index in [2.05, 4.69) is 16.0 Å². The lowest BCUT2D eigenvalue weighted by molar-refractivity contribution is 0.000566. The van der Waals surface area contributed by atoms with E-state index in [-0.39, 0.29) is 58.5 Å². The van der Waals surface area contributed by atoms with Crippen molar-refractivity contribution in [2.24, 2.45) is 17.8 Å². The number of ether oxygens (including phenoxy) is 1. The Morgan fingerprint density at radius 1 is 1.21 bits per heavy atom. The molecule has 2 aromatic heterocycles. The number of carbonyl (C=O) groups excluding carboxylic acids is 1. The number of likely N-dealkylation sites (tertiary alicyclic amines) is 1. The highest BCUT2D eigenvalue weighted by Crippen LogP contribution is 2.58. The van der Waals surface area contributed by atoms with Gasteiger partial charge < -0.3 is 14.6 Å². The van der Waals surface area contributed by atoms with Gasteiger partial charge in [-0.25, -0.2) is 22.9 Å². The average molecular weight is 683 g/mol. The molecule has 7 unspecified atom stereocenters. The quantitative estimate of drug-likeness (QED) is 0.221. The van der Waals surface area contributed by atoms with Gasteiger partial charge in [-0.15, -0.1) is 0 Å². The fourth-order valence-corrected chi connectivity index (χ4v) is 9.58. The number of hydrogen-bond acceptors (Lipinski definition) is 5. The van der Waals surface area contributed by atoms with Crippen molar-refractivity contribution in [2.75, 3.05) is 13.7 Å². The number of carbonyl (C=O) groups is 1. The predicted molar refractivity (Wildman–Crippen MR) is 173 cm³/mol. The monoisotopic (exact) mass is 681 g/mol. The summed E-state index contributed by atoms with van der Waals surface area (Å²) in [6.45, 7) is 2.63. The maximum atomic E-state index is 17.0. The van der Waals surface area contributed by atoms with Crippen molar-refractivity contribution >= 4 is 51.1 Å². The molecule has 4 bridgehead atoms. The zero-order valence-electron chi connectivity index (χ0n) is 25.7. The van der Waals surface area contributed by atoms with E-state index in [1.165, 1.54) is 7.11 Å². The zero-order chi connectivity index (χ0) is 32.9. The molecule has 2 aromatic carbocycles. The number of aromatic nitrogens is 2. The van der Waals surface area contributed by atoms with Gasteiger partial charge >= 0.3 is 6.09 Å². The van der Waals surface area contributed by atoms with Crippen LogP contribution in [-0.4, -0.2) is 52.7 Å². The standard InChI is InChI=1S/C35H32Cl2F3N5O2/c1-15-20-13-26(33-21-11-18(12-22(21)34(39)40)44(33)35(46)47-2)45(31-17-10-25(31)42-14-17)32(20)23-9-16(5-4-8-41)27(29(38)30(23)43-15)19-6-3-7-24(36)28(19)37/h3,6-7,9,13,17-18,21-22,25,31,33-34,42H,4-5,10-12,14H2,1-2H3. The van der Waals surface area contributed by atoms with E-state index in [0.29, 0.717) is 34.5 Å². The molecule has 7 atom stereocenters. The summed E-state index contributed by atoms with van der Waals surface area (Å²) < 4.78 is 53.3. The Morgan fingerprint density at radius 3 is 2.70 bits per heavy atom. The van der Waals surface area contributed by atoms with Crippen LogP contribution in [0.3, 0.4) is 0 Å². The van der Waals surface area contributed by atoms with E-state index in [1.807, 2.05) is 19.1 Å². The summed E-state index contributed by atoms with van der Waals surface area (Å²) in [7, 11) is 1.32. The summed E-state index contributed by atoms with van der Waals surface area (Å²) in [5, 5.41) is 14.9. The molecule has 7 nitrogen and oxygen atoms in total. The number of halogens is 5. The van der Waals surface area contributed by atoms with E-state index in [1.54, 1.807) is 23.1 Å². The molecule has 3 aliphatic heterocycles. The topological polar surface area (TPSA) is 83.2 Å². The summed E-state index contributed by atoms with van der Waals surface area (Å²) in [6, 6.07) is 10.2. The van der Waals surface area contributed by atoms with Gasteiger partial charge in [0.05, 0.1) is 40.8 Å². The van der Waals surface area contributed by atoms with Crippen LogP contribution in [0, 0.1) is 41.8 Å². The minimum Gasteiger partial charge on any atom is -0.453 e. The number of aryl methyl sites for hydroxylation is 2. The van der Waals surface area contributed by atoms with Crippen molar-refractivity contribution in [3.05, 3.63) is 63.1 Å². The summed E-state index contributed by atoms with van der Waals surface area (Å²) in [5.74, 6) is -1.57. The van der Waals surface area contributed by atoms with Gasteiger partial charge in [0.15, 0.2) is 5.82 Å². The van der Waals surface area contributed by atoms with Crippen molar-refractivity contribution < 1.29 is 22.7 Å². The molecule has 1 N–H and O–H groups in total. The molecule has 5 fully saturated rings. The Bertz CT molecular complexity index is 2000. The average Bonchev–Trinajstić information content (AvgIpc) is 3.88. The summed E-state index contributed by atoms with van der Waals surface area (Å²) >= 11 is 13.0. The van der Waals surface area contributed by atoms with Crippen LogP contribution in [0.15, 0.2) is 30.3 Å². The minimum absolute atomic E-state index is 0.0104. The molecule has 5 aliphatic rings. The van der Waals surface area contributed by atoms with E-state index in [9.17, 15) is 18.8 Å². The second kappa shape index (κ2) is 11.3. The van der Waals surface area contributed by atoms with E-state index in [4.69, 9.17) is 32.9 Å². The highest BCUT2D eigenvalue weighted by molar-refractivity contribution is 6.43. The number of nitrogens with one attached hydrogen (secondary N) is 1. The Hall–Kier alpha value is -3.52. The number of benzene rings is 2. The molecule has 0 spiro atoms. The van der Waals surface area contributed by atoms with Crippen LogP contribution in [0.25, 0.3) is 32.9 Å². The molecule has 0 radical (unpaired) electrons. The first-order valence-electron chi connectivity index (χ1n) is 16.0. The first kappa shape index (κ1) is 30.8. The lowest BCUT2D eigenvalue weighted by Gasteiger charge is -2.42. The van der Waals surface area contributed by atoms with E-state index < -0.39 is 36.2 Å². The third kappa shape index (κ3) is 4.42. The van der Waals surface area contributed by atoms with Crippen molar-refractivity contribution in [3.63, 3.8) is 0 Å². The first-order chi connectivity index (χ1) is 22.6. The summed E-state index contributed by atoms with van der Waals surface area (Å²) in [5.41, 5.74) is 3.49. The number of amides is 1. The Kier molecular flexibility index (Phi) is 7.39. The second-order valence-corrected chi connectivity index (χ2v) is 14.2. The summed E-state index contributed by atoms with van der Waals surface area (Å²) in [4.78, 5) is 19.7. The van der Waals surface area contributed by atoms with Gasteiger partial charge in [-0.1, -0.05) is 35.3 Å². The smallest absolute Gasteiger partial charge is 0.410 e. The van der Waals surface area contributed by atoms with Crippen LogP contribution in [0.4, 0.5) is 18.0 Å². The molecule has 2 saturated carbocycles. The maximum Gasteiger partial charge on any atom is 0.410 e. The number of rotatable bonds is 6. The lowest BCUT2D eigenvalue weighted by Crippen LogP contribution is -2.46. The number of nitriles is 1. The van der Waals surface area contributed by atoms with Crippen molar-refractivity contribution in [1.29, 1.82) is 5.26 Å². The van der Waals surface area contributed by atoms with Gasteiger partial charge in [-0.3, -0.25) is 4.90 Å². The van der Waals surface area contributed by atoms with Crippen molar-refractivity contribution in [3.8, 4) is 17.2 Å². The molecular weight excluding hydrogens is 650 g/mol. The van der Waals surface area contributed by atoms with Crippen LogP contribution < -0.4 is 5.32 Å². The Balaban J connectivity index is 1.43. The van der Waals surface area contributed by atoms with Crippen molar-refractivity contribution in [1.82, 2.24) is 19.8 Å². The number of pyridine rings is 1. The first-order valence-corrected chi connectivity index (χ1v) is 16.8. The fourth-order valence-electron chi connectivity index (χ4n) is 9.19. The van der Waals surface area contributed by atoms with Crippen LogP contribution in [0.1, 0.15) is 54.7 Å². The highest BCUT2D eigenvalue weighted by Gasteiger charge is 2.58. The van der Waals surface area contributed by atoms with Gasteiger partial charge in [0.2, 0.25) is 6.43 Å². The molecule has 12 heteroatoms. The van der Waals surface area contributed by atoms with Crippen LogP contribution >= 0.6 is 23.2 Å². The third-order valence-electron chi connectivity index (χ3n) is 11.2. The minimum atomic E-state index is -2.51. The Labute approximate surface area is 279 Å². The molecule has 2 aliphatic carbocycles. The molecule has 5 heterocycles. The van der Waals surface area contributed by atoms with Gasteiger partial charge in [0, 0.05) is 64.3 Å². The van der Waals surface area contributed by atoms with Gasteiger partial charge in [-0.05, 0) is 68.2 Å². The van der Waals surface area contributed by atoms with Gasteiger partial charge in [-0.2, -0.15) is 5.26 Å². The molecule has 3 saturated heterocycles. The molecular formula is C35H32Cl2F3N5O2. The number of alkyl halides is 2. The molecule has 244 valence electrons. The highest BCUT2D eigenvalue weighted by atomic mass is 35.5. The van der Waals surface area contributed by atoms with Crippen LogP contribution in [0.2, 0.25) is 10.0 Å². The predicted octanol–water partition coefficient (Wildman–Crippen LogP) is 8.38. The zero-order valence-corrected chi connectivity index (χ0v) is 27.3. The van der Waals surface area contributed by atoms with Gasteiger partial charge in [0.1, 0.15) is 5.52 Å². The largest absolute Gasteiger partial charge is 0.453 e. The maximum absolute atomic E-state index is 17.0. The number of hydrogen-bond donors (Lipinski definition) is 1. The molecule has 47 heavy (non-hydrogen) atoms. The van der Waals surface area contributed by atoms with Crippen LogP contribution in [-0.2, 0) is 11.2 Å². The van der Waals surface area contributed by atoms with Crippen molar-refractivity contribution in [2.45, 2.75) is 69.6 Å². The fraction of sp³-hybridized carbons (Fsp3) is 0.457. The number of nitrogens with zero attached hydrogens (tertiary/aromatic N) is 4. The number of piperidine rings is 1. The number of fused-ring (bicyclic) bond motifs is 6. The summed E-state index contributed by atoms with van der Waals surface area (Å²) in [6.07, 6.45) is -0.951.